The molecular weight excluding hydrogens is 208 g/mol. The molecule has 0 spiro atoms. The molecule has 0 radical (unpaired) electrons. The first-order chi connectivity index (χ1) is 7.58. The molecule has 3 heteroatoms. The highest BCUT2D eigenvalue weighted by molar-refractivity contribution is 5.68. The second-order valence-electron chi connectivity index (χ2n) is 3.70. The first kappa shape index (κ1) is 10.6. The number of aryl methyl sites for hydroxylation is 1. The van der Waals surface area contributed by atoms with Crippen molar-refractivity contribution in [2.75, 3.05) is 5.73 Å². The topological polar surface area (TPSA) is 26.0 Å². The third-order valence-corrected chi connectivity index (χ3v) is 2.53. The Morgan fingerprint density at radius 2 is 1.50 bits per heavy atom. The van der Waals surface area contributed by atoms with E-state index >= 15 is 0 Å². The molecule has 2 N–H and O–H groups in total. The van der Waals surface area contributed by atoms with Crippen molar-refractivity contribution >= 4 is 5.69 Å². The van der Waals surface area contributed by atoms with Crippen molar-refractivity contribution in [3.63, 3.8) is 0 Å². The molecule has 2 aromatic carbocycles. The smallest absolute Gasteiger partial charge is 0.159 e. The van der Waals surface area contributed by atoms with Crippen LogP contribution < -0.4 is 5.73 Å². The van der Waals surface area contributed by atoms with Crippen LogP contribution in [0.1, 0.15) is 5.56 Å². The molecule has 82 valence electrons. The van der Waals surface area contributed by atoms with Gasteiger partial charge in [0.15, 0.2) is 11.6 Å². The molecule has 0 amide bonds. The maximum absolute atomic E-state index is 13.0. The van der Waals surface area contributed by atoms with Gasteiger partial charge in [-0.3, -0.25) is 0 Å². The van der Waals surface area contributed by atoms with Crippen molar-refractivity contribution in [1.82, 2.24) is 0 Å². The minimum atomic E-state index is -0.850. The van der Waals surface area contributed by atoms with Crippen LogP contribution in [0.2, 0.25) is 0 Å². The third kappa shape index (κ3) is 1.89. The van der Waals surface area contributed by atoms with Crippen molar-refractivity contribution in [2.24, 2.45) is 0 Å². The molecule has 0 aliphatic rings. The molecule has 0 aliphatic heterocycles. The molecule has 0 saturated heterocycles. The van der Waals surface area contributed by atoms with E-state index in [1.807, 2.05) is 19.1 Å². The van der Waals surface area contributed by atoms with Gasteiger partial charge in [-0.05, 0) is 41.8 Å². The van der Waals surface area contributed by atoms with E-state index in [1.54, 1.807) is 6.07 Å². The predicted molar refractivity (Wildman–Crippen MR) is 60.9 cm³/mol. The SMILES string of the molecule is Cc1ccc(-c2ccc(F)c(F)c2)cc1N. The lowest BCUT2D eigenvalue weighted by Gasteiger charge is -2.05. The molecule has 0 heterocycles. The van der Waals surface area contributed by atoms with E-state index < -0.39 is 11.6 Å². The van der Waals surface area contributed by atoms with Crippen molar-refractivity contribution in [2.45, 2.75) is 6.92 Å². The highest BCUT2D eigenvalue weighted by atomic mass is 19.2. The highest BCUT2D eigenvalue weighted by Gasteiger charge is 2.05. The van der Waals surface area contributed by atoms with E-state index in [-0.39, 0.29) is 0 Å². The number of benzene rings is 2. The van der Waals surface area contributed by atoms with E-state index in [0.717, 1.165) is 17.2 Å². The summed E-state index contributed by atoms with van der Waals surface area (Å²) >= 11 is 0. The Labute approximate surface area is 92.5 Å². The summed E-state index contributed by atoms with van der Waals surface area (Å²) in [6.45, 7) is 1.89. The molecule has 0 bridgehead atoms. The van der Waals surface area contributed by atoms with Crippen molar-refractivity contribution in [3.05, 3.63) is 53.6 Å². The summed E-state index contributed by atoms with van der Waals surface area (Å²) < 4.78 is 25.8. The van der Waals surface area contributed by atoms with E-state index in [4.69, 9.17) is 5.73 Å². The first-order valence-electron chi connectivity index (χ1n) is 4.89. The van der Waals surface area contributed by atoms with E-state index in [2.05, 4.69) is 0 Å². The summed E-state index contributed by atoms with van der Waals surface area (Å²) in [5.74, 6) is -1.69. The molecule has 0 unspecified atom stereocenters. The van der Waals surface area contributed by atoms with Gasteiger partial charge in [-0.15, -0.1) is 0 Å². The fourth-order valence-electron chi connectivity index (χ4n) is 1.50. The van der Waals surface area contributed by atoms with Crippen molar-refractivity contribution in [3.8, 4) is 11.1 Å². The Hall–Kier alpha value is -1.90. The second kappa shape index (κ2) is 3.93. The van der Waals surface area contributed by atoms with Crippen LogP contribution in [0.3, 0.4) is 0 Å². The number of rotatable bonds is 1. The van der Waals surface area contributed by atoms with Gasteiger partial charge < -0.3 is 5.73 Å². The summed E-state index contributed by atoms with van der Waals surface area (Å²) in [7, 11) is 0. The molecule has 2 aromatic rings. The lowest BCUT2D eigenvalue weighted by atomic mass is 10.0. The second-order valence-corrected chi connectivity index (χ2v) is 3.70. The zero-order chi connectivity index (χ0) is 11.7. The Balaban J connectivity index is 2.50. The van der Waals surface area contributed by atoms with Crippen LogP contribution in [-0.2, 0) is 0 Å². The number of hydrogen-bond donors (Lipinski definition) is 1. The quantitative estimate of drug-likeness (QED) is 0.729. The van der Waals surface area contributed by atoms with Crippen molar-refractivity contribution < 1.29 is 8.78 Å². The zero-order valence-electron chi connectivity index (χ0n) is 8.80. The predicted octanol–water partition coefficient (Wildman–Crippen LogP) is 3.52. The van der Waals surface area contributed by atoms with E-state index in [9.17, 15) is 8.78 Å². The molecule has 1 nitrogen and oxygen atoms in total. The maximum atomic E-state index is 13.0. The number of anilines is 1. The van der Waals surface area contributed by atoms with E-state index in [1.165, 1.54) is 12.1 Å². The highest BCUT2D eigenvalue weighted by Crippen LogP contribution is 2.24. The third-order valence-electron chi connectivity index (χ3n) is 2.53. The lowest BCUT2D eigenvalue weighted by molar-refractivity contribution is 0.509. The maximum Gasteiger partial charge on any atom is 0.159 e. The number of halogens is 2. The minimum Gasteiger partial charge on any atom is -0.398 e. The Morgan fingerprint density at radius 1 is 0.875 bits per heavy atom. The zero-order valence-corrected chi connectivity index (χ0v) is 8.80. The van der Waals surface area contributed by atoms with Crippen LogP contribution in [0.15, 0.2) is 36.4 Å². The molecular formula is C13H11F2N. The van der Waals surface area contributed by atoms with Gasteiger partial charge in [-0.2, -0.15) is 0 Å². The van der Waals surface area contributed by atoms with Crippen LogP contribution in [0.25, 0.3) is 11.1 Å². The number of hydrogen-bond acceptors (Lipinski definition) is 1. The molecule has 2 rings (SSSR count). The van der Waals surface area contributed by atoms with Gasteiger partial charge in [0.2, 0.25) is 0 Å². The van der Waals surface area contributed by atoms with Gasteiger partial charge in [0.05, 0.1) is 0 Å². The fourth-order valence-corrected chi connectivity index (χ4v) is 1.50. The van der Waals surface area contributed by atoms with Gasteiger partial charge in [-0.1, -0.05) is 18.2 Å². The van der Waals surface area contributed by atoms with Crippen LogP contribution in [0.4, 0.5) is 14.5 Å². The van der Waals surface area contributed by atoms with Gasteiger partial charge in [0.1, 0.15) is 0 Å². The fraction of sp³-hybridized carbons (Fsp3) is 0.0769. The minimum absolute atomic E-state index is 0.616. The molecule has 0 atom stereocenters. The van der Waals surface area contributed by atoms with Crippen LogP contribution in [0, 0.1) is 18.6 Å². The first-order valence-corrected chi connectivity index (χ1v) is 4.89. The standard InChI is InChI=1S/C13H11F2N/c1-8-2-3-10(7-13(8)16)9-4-5-11(14)12(15)6-9/h2-7H,16H2,1H3. The van der Waals surface area contributed by atoms with Gasteiger partial charge >= 0.3 is 0 Å². The number of nitrogens with two attached hydrogens (primary N) is 1. The number of nitrogen functional groups attached to an aromatic ring is 1. The summed E-state index contributed by atoms with van der Waals surface area (Å²) in [6, 6.07) is 9.25. The summed E-state index contributed by atoms with van der Waals surface area (Å²) in [5, 5.41) is 0. The van der Waals surface area contributed by atoms with Gasteiger partial charge in [0.25, 0.3) is 0 Å². The van der Waals surface area contributed by atoms with Crippen molar-refractivity contribution in [1.29, 1.82) is 0 Å². The Morgan fingerprint density at radius 3 is 2.12 bits per heavy atom. The molecule has 16 heavy (non-hydrogen) atoms. The van der Waals surface area contributed by atoms with Gasteiger partial charge in [0, 0.05) is 5.69 Å². The summed E-state index contributed by atoms with van der Waals surface area (Å²) in [4.78, 5) is 0. The average molecular weight is 219 g/mol. The molecule has 0 saturated carbocycles. The molecule has 0 aromatic heterocycles. The lowest BCUT2D eigenvalue weighted by Crippen LogP contribution is -1.91. The van der Waals surface area contributed by atoms with E-state index in [0.29, 0.717) is 11.3 Å². The largest absolute Gasteiger partial charge is 0.398 e. The van der Waals surface area contributed by atoms with Crippen LogP contribution in [-0.4, -0.2) is 0 Å². The summed E-state index contributed by atoms with van der Waals surface area (Å²) in [5.41, 5.74) is 8.76. The molecule has 0 aliphatic carbocycles. The Kier molecular flexibility index (Phi) is 2.60. The van der Waals surface area contributed by atoms with Crippen LogP contribution >= 0.6 is 0 Å². The Bertz CT molecular complexity index is 486. The molecule has 0 fully saturated rings. The average Bonchev–Trinajstić information content (AvgIpc) is 2.26. The van der Waals surface area contributed by atoms with Gasteiger partial charge in [-0.25, -0.2) is 8.78 Å². The van der Waals surface area contributed by atoms with Crippen LogP contribution in [0.5, 0.6) is 0 Å². The summed E-state index contributed by atoms with van der Waals surface area (Å²) in [6.07, 6.45) is 0. The normalized spacial score (nSPS) is 10.4. The monoisotopic (exact) mass is 219 g/mol.